The van der Waals surface area contributed by atoms with Gasteiger partial charge in [0.2, 0.25) is 11.8 Å². The third-order valence-electron chi connectivity index (χ3n) is 4.24. The molecule has 24 heavy (non-hydrogen) atoms. The molecule has 0 spiro atoms. The summed E-state index contributed by atoms with van der Waals surface area (Å²) in [6.07, 6.45) is 3.14. The van der Waals surface area contributed by atoms with Gasteiger partial charge in [-0.1, -0.05) is 6.07 Å². The van der Waals surface area contributed by atoms with E-state index in [-0.39, 0.29) is 17.9 Å². The van der Waals surface area contributed by atoms with Crippen LogP contribution >= 0.6 is 0 Å². The number of carbonyl (C=O) groups excluding carboxylic acids is 1. The molecule has 2 aromatic rings. The maximum atomic E-state index is 12.7. The fourth-order valence-corrected chi connectivity index (χ4v) is 2.98. The molecule has 1 aliphatic rings. The lowest BCUT2D eigenvalue weighted by Crippen LogP contribution is -2.38. The van der Waals surface area contributed by atoms with Gasteiger partial charge in [0.15, 0.2) is 0 Å². The van der Waals surface area contributed by atoms with Crippen LogP contribution in [0, 0.1) is 5.92 Å². The summed E-state index contributed by atoms with van der Waals surface area (Å²) in [5.74, 6) is 0.292. The van der Waals surface area contributed by atoms with E-state index in [1.165, 1.54) is 0 Å². The molecule has 128 valence electrons. The summed E-state index contributed by atoms with van der Waals surface area (Å²) in [6.45, 7) is 1.03. The predicted molar refractivity (Wildman–Crippen MR) is 87.3 cm³/mol. The third kappa shape index (κ3) is 3.56. The normalized spacial score (nSPS) is 20.6. The van der Waals surface area contributed by atoms with Gasteiger partial charge in [0.1, 0.15) is 6.10 Å². The summed E-state index contributed by atoms with van der Waals surface area (Å²) in [5.41, 5.74) is 1.69. The van der Waals surface area contributed by atoms with Crippen molar-refractivity contribution in [1.29, 1.82) is 0 Å². The van der Waals surface area contributed by atoms with Crippen molar-refractivity contribution in [2.75, 3.05) is 13.7 Å². The highest BCUT2D eigenvalue weighted by Crippen LogP contribution is 2.33. The maximum absolute atomic E-state index is 12.7. The van der Waals surface area contributed by atoms with Crippen molar-refractivity contribution in [2.24, 2.45) is 13.0 Å². The van der Waals surface area contributed by atoms with Crippen molar-refractivity contribution < 1.29 is 14.3 Å². The minimum Gasteiger partial charge on any atom is -0.481 e. The van der Waals surface area contributed by atoms with E-state index in [2.05, 4.69) is 15.4 Å². The molecular formula is C17H22N4O3. The summed E-state index contributed by atoms with van der Waals surface area (Å²) >= 11 is 0. The van der Waals surface area contributed by atoms with Crippen molar-refractivity contribution in [3.05, 3.63) is 41.9 Å². The lowest BCUT2D eigenvalue weighted by molar-refractivity contribution is -0.135. The molecule has 0 radical (unpaired) electrons. The fourth-order valence-electron chi connectivity index (χ4n) is 2.98. The molecule has 3 rings (SSSR count). The zero-order valence-electron chi connectivity index (χ0n) is 13.9. The van der Waals surface area contributed by atoms with Crippen LogP contribution in [0.2, 0.25) is 0 Å². The van der Waals surface area contributed by atoms with Crippen molar-refractivity contribution in [2.45, 2.75) is 25.5 Å². The number of amides is 1. The zero-order valence-corrected chi connectivity index (χ0v) is 13.9. The number of nitrogens with one attached hydrogen (secondary N) is 1. The highest BCUT2D eigenvalue weighted by molar-refractivity contribution is 5.79. The molecule has 7 heteroatoms. The van der Waals surface area contributed by atoms with Gasteiger partial charge >= 0.3 is 0 Å². The Morgan fingerprint density at radius 2 is 2.33 bits per heavy atom. The molecule has 1 amide bonds. The largest absolute Gasteiger partial charge is 0.481 e. The van der Waals surface area contributed by atoms with Crippen molar-refractivity contribution in [3.63, 3.8) is 0 Å². The first-order valence-corrected chi connectivity index (χ1v) is 8.06. The van der Waals surface area contributed by atoms with Gasteiger partial charge in [-0.25, -0.2) is 4.98 Å². The summed E-state index contributed by atoms with van der Waals surface area (Å²) < 4.78 is 12.7. The highest BCUT2D eigenvalue weighted by Gasteiger charge is 2.34. The zero-order chi connectivity index (χ0) is 16.9. The maximum Gasteiger partial charge on any atom is 0.226 e. The summed E-state index contributed by atoms with van der Waals surface area (Å²) in [6, 6.07) is 7.40. The van der Waals surface area contributed by atoms with Crippen LogP contribution in [0.4, 0.5) is 0 Å². The second-order valence-corrected chi connectivity index (χ2v) is 5.81. The van der Waals surface area contributed by atoms with Gasteiger partial charge in [-0.2, -0.15) is 5.10 Å². The molecular weight excluding hydrogens is 308 g/mol. The van der Waals surface area contributed by atoms with Gasteiger partial charge in [0.05, 0.1) is 31.0 Å². The van der Waals surface area contributed by atoms with Crippen LogP contribution in [-0.4, -0.2) is 34.4 Å². The Hall–Kier alpha value is -2.41. The standard InChI is InChI=1S/C17H22N4O3/c1-21-14(8-9-19-21)16-13(6-4-10-24-16)17(22)18-11-12-5-3-7-15(20-12)23-2/h3,5,7-9,13,16H,4,6,10-11H2,1-2H3,(H,18,22)/t13-,16-/m1/s1. The number of rotatable bonds is 5. The fraction of sp³-hybridized carbons (Fsp3) is 0.471. The van der Waals surface area contributed by atoms with Crippen LogP contribution in [-0.2, 0) is 23.1 Å². The predicted octanol–water partition coefficient (Wildman–Crippen LogP) is 1.61. The number of aromatic nitrogens is 3. The molecule has 0 bridgehead atoms. The quantitative estimate of drug-likeness (QED) is 0.901. The summed E-state index contributed by atoms with van der Waals surface area (Å²) in [7, 11) is 3.44. The van der Waals surface area contributed by atoms with E-state index in [4.69, 9.17) is 9.47 Å². The van der Waals surface area contributed by atoms with E-state index in [9.17, 15) is 4.79 Å². The third-order valence-corrected chi connectivity index (χ3v) is 4.24. The Labute approximate surface area is 141 Å². The Kier molecular flexibility index (Phi) is 5.10. The van der Waals surface area contributed by atoms with Gasteiger partial charge in [0.25, 0.3) is 0 Å². The number of carbonyl (C=O) groups is 1. The topological polar surface area (TPSA) is 78.3 Å². The van der Waals surface area contributed by atoms with Gasteiger partial charge < -0.3 is 14.8 Å². The minimum atomic E-state index is -0.260. The van der Waals surface area contributed by atoms with E-state index >= 15 is 0 Å². The molecule has 1 N–H and O–H groups in total. The molecule has 0 saturated carbocycles. The number of methoxy groups -OCH3 is 1. The summed E-state index contributed by atoms with van der Waals surface area (Å²) in [5, 5.41) is 7.14. The first kappa shape index (κ1) is 16.4. The van der Waals surface area contributed by atoms with E-state index in [0.29, 0.717) is 19.0 Å². The van der Waals surface area contributed by atoms with Gasteiger partial charge in [-0.3, -0.25) is 9.48 Å². The Morgan fingerprint density at radius 3 is 3.08 bits per heavy atom. The van der Waals surface area contributed by atoms with E-state index in [1.807, 2.05) is 25.2 Å². The highest BCUT2D eigenvalue weighted by atomic mass is 16.5. The lowest BCUT2D eigenvalue weighted by atomic mass is 9.91. The number of nitrogens with zero attached hydrogens (tertiary/aromatic N) is 3. The van der Waals surface area contributed by atoms with Crippen LogP contribution < -0.4 is 10.1 Å². The Morgan fingerprint density at radius 1 is 1.46 bits per heavy atom. The molecule has 0 aromatic carbocycles. The number of aryl methyl sites for hydroxylation is 1. The molecule has 1 aliphatic heterocycles. The Balaban J connectivity index is 1.67. The molecule has 2 aromatic heterocycles. The SMILES string of the molecule is COc1cccc(CNC(=O)[C@@H]2CCCO[C@H]2c2ccnn2C)n1. The molecule has 0 unspecified atom stereocenters. The molecule has 3 heterocycles. The first-order chi connectivity index (χ1) is 11.7. The van der Waals surface area contributed by atoms with E-state index in [1.54, 1.807) is 24.1 Å². The van der Waals surface area contributed by atoms with Gasteiger partial charge in [-0.15, -0.1) is 0 Å². The second kappa shape index (κ2) is 7.44. The van der Waals surface area contributed by atoms with Crippen LogP contribution in [0.25, 0.3) is 0 Å². The van der Waals surface area contributed by atoms with E-state index < -0.39 is 0 Å². The average molecular weight is 330 g/mol. The molecule has 1 fully saturated rings. The second-order valence-electron chi connectivity index (χ2n) is 5.81. The van der Waals surface area contributed by atoms with E-state index in [0.717, 1.165) is 24.2 Å². The monoisotopic (exact) mass is 330 g/mol. The van der Waals surface area contributed by atoms with Crippen LogP contribution in [0.5, 0.6) is 5.88 Å². The van der Waals surface area contributed by atoms with Crippen molar-refractivity contribution >= 4 is 5.91 Å². The van der Waals surface area contributed by atoms with Crippen molar-refractivity contribution in [3.8, 4) is 5.88 Å². The number of pyridine rings is 1. The van der Waals surface area contributed by atoms with Crippen LogP contribution in [0.15, 0.2) is 30.5 Å². The molecule has 0 aliphatic carbocycles. The van der Waals surface area contributed by atoms with Crippen LogP contribution in [0.1, 0.15) is 30.3 Å². The smallest absolute Gasteiger partial charge is 0.226 e. The van der Waals surface area contributed by atoms with Crippen LogP contribution in [0.3, 0.4) is 0 Å². The van der Waals surface area contributed by atoms with Gasteiger partial charge in [0, 0.05) is 25.9 Å². The van der Waals surface area contributed by atoms with Gasteiger partial charge in [-0.05, 0) is 25.0 Å². The number of ether oxygens (including phenoxy) is 2. The average Bonchev–Trinajstić information content (AvgIpc) is 3.05. The molecule has 2 atom stereocenters. The first-order valence-electron chi connectivity index (χ1n) is 8.06. The number of hydrogen-bond acceptors (Lipinski definition) is 5. The number of hydrogen-bond donors (Lipinski definition) is 1. The van der Waals surface area contributed by atoms with Crippen molar-refractivity contribution in [1.82, 2.24) is 20.1 Å². The Bertz CT molecular complexity index is 701. The minimum absolute atomic E-state index is 0.0227. The molecule has 7 nitrogen and oxygen atoms in total. The lowest BCUT2D eigenvalue weighted by Gasteiger charge is -2.30. The summed E-state index contributed by atoms with van der Waals surface area (Å²) in [4.78, 5) is 17.0. The molecule has 1 saturated heterocycles.